The summed E-state index contributed by atoms with van der Waals surface area (Å²) in [6.07, 6.45) is 1.33. The zero-order valence-corrected chi connectivity index (χ0v) is 13.1. The molecule has 1 N–H and O–H groups in total. The zero-order chi connectivity index (χ0) is 15.7. The normalized spacial score (nSPS) is 25.2. The van der Waals surface area contributed by atoms with Gasteiger partial charge in [-0.3, -0.25) is 4.79 Å². The lowest BCUT2D eigenvalue weighted by Gasteiger charge is -2.38. The molecule has 2 amide bonds. The molecule has 0 aromatic carbocycles. The number of hydrogen-bond acceptors (Lipinski definition) is 4. The maximum atomic E-state index is 12.4. The molecule has 0 saturated carbocycles. The number of rotatable bonds is 1. The van der Waals surface area contributed by atoms with Crippen LogP contribution >= 0.6 is 0 Å². The molecule has 2 rings (SSSR count). The van der Waals surface area contributed by atoms with Crippen LogP contribution in [0.4, 0.5) is 4.79 Å². The Bertz CT molecular complexity index is 523. The Morgan fingerprint density at radius 1 is 1.00 bits per heavy atom. The highest BCUT2D eigenvalue weighted by Gasteiger charge is 2.39. The zero-order valence-electron chi connectivity index (χ0n) is 12.2. The van der Waals surface area contributed by atoms with E-state index in [-0.39, 0.29) is 24.1 Å². The number of hydrogen-bond donors (Lipinski definition) is 1. The molecule has 0 aromatic rings. The molecule has 0 atom stereocenters. The fourth-order valence-electron chi connectivity index (χ4n) is 2.74. The van der Waals surface area contributed by atoms with E-state index in [1.807, 2.05) is 0 Å². The van der Waals surface area contributed by atoms with Crippen molar-refractivity contribution in [3.63, 3.8) is 0 Å². The Morgan fingerprint density at radius 2 is 1.57 bits per heavy atom. The quantitative estimate of drug-likeness (QED) is 0.756. The third-order valence-corrected chi connectivity index (χ3v) is 6.20. The molecule has 2 heterocycles. The van der Waals surface area contributed by atoms with Crippen molar-refractivity contribution in [3.8, 4) is 0 Å². The molecule has 7 nitrogen and oxygen atoms in total. The fourth-order valence-corrected chi connectivity index (χ4v) is 4.01. The van der Waals surface area contributed by atoms with Crippen molar-refractivity contribution in [2.75, 3.05) is 37.7 Å². The minimum Gasteiger partial charge on any atom is -0.481 e. The van der Waals surface area contributed by atoms with E-state index in [4.69, 9.17) is 0 Å². The van der Waals surface area contributed by atoms with Gasteiger partial charge in [0.25, 0.3) is 0 Å². The lowest BCUT2D eigenvalue weighted by Crippen LogP contribution is -2.50. The highest BCUT2D eigenvalue weighted by molar-refractivity contribution is 7.91. The van der Waals surface area contributed by atoms with Crippen LogP contribution < -0.4 is 0 Å². The van der Waals surface area contributed by atoms with Crippen LogP contribution in [0, 0.1) is 5.41 Å². The Morgan fingerprint density at radius 3 is 2.14 bits per heavy atom. The van der Waals surface area contributed by atoms with Gasteiger partial charge in [0.05, 0.1) is 16.9 Å². The maximum absolute atomic E-state index is 12.4. The standard InChI is InChI=1S/C13H22N2O5S/c1-13(11(16)17)3-6-15(7-4-13)12(18)14-5-2-9-21(19,20)10-8-14/h2-10H2,1H3,(H,16,17). The first-order chi connectivity index (χ1) is 9.73. The van der Waals surface area contributed by atoms with Gasteiger partial charge in [0.15, 0.2) is 9.84 Å². The number of nitrogens with zero attached hydrogens (tertiary/aromatic N) is 2. The van der Waals surface area contributed by atoms with E-state index < -0.39 is 21.2 Å². The second-order valence-electron chi connectivity index (χ2n) is 6.13. The third-order valence-electron chi connectivity index (χ3n) is 4.48. The average molecular weight is 318 g/mol. The van der Waals surface area contributed by atoms with E-state index in [1.165, 1.54) is 0 Å². The van der Waals surface area contributed by atoms with Crippen LogP contribution in [0.15, 0.2) is 0 Å². The van der Waals surface area contributed by atoms with Gasteiger partial charge in [0.1, 0.15) is 0 Å². The molecule has 0 radical (unpaired) electrons. The van der Waals surface area contributed by atoms with Gasteiger partial charge in [-0.15, -0.1) is 0 Å². The number of carboxylic acid groups (broad SMARTS) is 1. The monoisotopic (exact) mass is 318 g/mol. The lowest BCUT2D eigenvalue weighted by molar-refractivity contribution is -0.150. The molecule has 0 bridgehead atoms. The topological polar surface area (TPSA) is 95.0 Å². The number of carboxylic acids is 1. The summed E-state index contributed by atoms with van der Waals surface area (Å²) in [6, 6.07) is -0.167. The molecular formula is C13H22N2O5S. The van der Waals surface area contributed by atoms with Crippen LogP contribution in [0.2, 0.25) is 0 Å². The maximum Gasteiger partial charge on any atom is 0.320 e. The van der Waals surface area contributed by atoms with E-state index >= 15 is 0 Å². The molecule has 2 saturated heterocycles. The molecule has 0 aromatic heterocycles. The summed E-state index contributed by atoms with van der Waals surface area (Å²) in [7, 11) is -3.04. The molecule has 0 unspecified atom stereocenters. The van der Waals surface area contributed by atoms with Crippen molar-refractivity contribution in [1.82, 2.24) is 9.80 Å². The molecule has 2 aliphatic heterocycles. The van der Waals surface area contributed by atoms with Gasteiger partial charge in [0.2, 0.25) is 0 Å². The smallest absolute Gasteiger partial charge is 0.320 e. The largest absolute Gasteiger partial charge is 0.481 e. The number of carbonyl (C=O) groups is 2. The van der Waals surface area contributed by atoms with Gasteiger partial charge in [0, 0.05) is 26.2 Å². The van der Waals surface area contributed by atoms with Crippen LogP contribution in [-0.2, 0) is 14.6 Å². The Labute approximate surface area is 124 Å². The van der Waals surface area contributed by atoms with E-state index in [1.54, 1.807) is 16.7 Å². The summed E-state index contributed by atoms with van der Waals surface area (Å²) in [4.78, 5) is 26.8. The van der Waals surface area contributed by atoms with E-state index in [9.17, 15) is 23.1 Å². The number of carbonyl (C=O) groups excluding carboxylic acids is 1. The number of likely N-dealkylation sites (tertiary alicyclic amines) is 1. The molecule has 2 aliphatic rings. The summed E-state index contributed by atoms with van der Waals surface area (Å²) in [5.74, 6) is -0.678. The van der Waals surface area contributed by atoms with Crippen molar-refractivity contribution >= 4 is 21.8 Å². The SMILES string of the molecule is CC1(C(=O)O)CCN(C(=O)N2CCCS(=O)(=O)CC2)CC1. The Balaban J connectivity index is 1.94. The van der Waals surface area contributed by atoms with Gasteiger partial charge >= 0.3 is 12.0 Å². The molecule has 0 aliphatic carbocycles. The summed E-state index contributed by atoms with van der Waals surface area (Å²) in [5.41, 5.74) is -0.765. The predicted molar refractivity (Wildman–Crippen MR) is 76.8 cm³/mol. The van der Waals surface area contributed by atoms with Crippen LogP contribution in [0.25, 0.3) is 0 Å². The van der Waals surface area contributed by atoms with E-state index in [2.05, 4.69) is 0 Å². The Kier molecular flexibility index (Phi) is 4.46. The predicted octanol–water partition coefficient (Wildman–Crippen LogP) is 0.414. The summed E-state index contributed by atoms with van der Waals surface area (Å²) >= 11 is 0. The first-order valence-corrected chi connectivity index (χ1v) is 9.03. The summed E-state index contributed by atoms with van der Waals surface area (Å²) < 4.78 is 23.1. The molecule has 2 fully saturated rings. The minimum atomic E-state index is -3.04. The van der Waals surface area contributed by atoms with Gasteiger partial charge in [-0.05, 0) is 26.2 Å². The molecule has 21 heavy (non-hydrogen) atoms. The van der Waals surface area contributed by atoms with E-state index in [0.717, 1.165) is 0 Å². The minimum absolute atomic E-state index is 0.0133. The third kappa shape index (κ3) is 3.66. The molecular weight excluding hydrogens is 296 g/mol. The summed E-state index contributed by atoms with van der Waals surface area (Å²) in [6.45, 7) is 3.20. The number of amides is 2. The molecule has 8 heteroatoms. The highest BCUT2D eigenvalue weighted by Crippen LogP contribution is 2.31. The van der Waals surface area contributed by atoms with Crippen molar-refractivity contribution in [3.05, 3.63) is 0 Å². The molecule has 0 spiro atoms. The highest BCUT2D eigenvalue weighted by atomic mass is 32.2. The first-order valence-electron chi connectivity index (χ1n) is 7.21. The van der Waals surface area contributed by atoms with Crippen LogP contribution in [0.1, 0.15) is 26.2 Å². The fraction of sp³-hybridized carbons (Fsp3) is 0.846. The van der Waals surface area contributed by atoms with Gasteiger partial charge in [-0.25, -0.2) is 13.2 Å². The van der Waals surface area contributed by atoms with Crippen LogP contribution in [0.3, 0.4) is 0 Å². The first kappa shape index (κ1) is 16.1. The van der Waals surface area contributed by atoms with Gasteiger partial charge in [-0.2, -0.15) is 0 Å². The molecule has 120 valence electrons. The second kappa shape index (κ2) is 5.82. The number of urea groups is 1. The van der Waals surface area contributed by atoms with Gasteiger partial charge in [-0.1, -0.05) is 0 Å². The number of piperidine rings is 1. The lowest BCUT2D eigenvalue weighted by atomic mass is 9.80. The summed E-state index contributed by atoms with van der Waals surface area (Å²) in [5, 5.41) is 9.19. The second-order valence-corrected chi connectivity index (χ2v) is 8.43. The Hall–Kier alpha value is -1.31. The van der Waals surface area contributed by atoms with Crippen molar-refractivity contribution < 1.29 is 23.1 Å². The number of sulfone groups is 1. The van der Waals surface area contributed by atoms with Crippen LogP contribution in [0.5, 0.6) is 0 Å². The van der Waals surface area contributed by atoms with Crippen molar-refractivity contribution in [2.24, 2.45) is 5.41 Å². The van der Waals surface area contributed by atoms with E-state index in [0.29, 0.717) is 38.9 Å². The van der Waals surface area contributed by atoms with Crippen molar-refractivity contribution in [1.29, 1.82) is 0 Å². The van der Waals surface area contributed by atoms with Crippen LogP contribution in [-0.4, -0.2) is 73.0 Å². The van der Waals surface area contributed by atoms with Gasteiger partial charge < -0.3 is 14.9 Å². The average Bonchev–Trinajstić information content (AvgIpc) is 2.60. The van der Waals surface area contributed by atoms with Crippen molar-refractivity contribution in [2.45, 2.75) is 26.2 Å². The number of aliphatic carboxylic acids is 1.